The van der Waals surface area contributed by atoms with Crippen LogP contribution in [0, 0.1) is 5.92 Å². The molecule has 2 N–H and O–H groups in total. The lowest BCUT2D eigenvalue weighted by atomic mass is 9.90. The Morgan fingerprint density at radius 2 is 2.20 bits per heavy atom. The van der Waals surface area contributed by atoms with Gasteiger partial charge in [0.05, 0.1) is 7.11 Å². The van der Waals surface area contributed by atoms with E-state index in [1.54, 1.807) is 0 Å². The molecule has 5 heteroatoms. The number of rotatable bonds is 8. The van der Waals surface area contributed by atoms with Crippen LogP contribution in [-0.2, 0) is 9.53 Å². The molecular weight excluding hydrogens is 256 g/mol. The summed E-state index contributed by atoms with van der Waals surface area (Å²) in [7, 11) is 1.46. The second-order valence-corrected chi connectivity index (χ2v) is 6.13. The molecule has 116 valence electrons. The maximum absolute atomic E-state index is 11.3. The van der Waals surface area contributed by atoms with E-state index in [-0.39, 0.29) is 12.6 Å². The number of likely N-dealkylation sites (tertiary alicyclic amines) is 1. The zero-order valence-electron chi connectivity index (χ0n) is 12.5. The molecule has 2 fully saturated rings. The molecule has 1 saturated heterocycles. The van der Waals surface area contributed by atoms with Crippen molar-refractivity contribution in [3.63, 3.8) is 0 Å². The molecule has 2 unspecified atom stereocenters. The van der Waals surface area contributed by atoms with Crippen LogP contribution < -0.4 is 5.32 Å². The summed E-state index contributed by atoms with van der Waals surface area (Å²) >= 11 is 0. The van der Waals surface area contributed by atoms with Gasteiger partial charge in [-0.05, 0) is 44.6 Å². The van der Waals surface area contributed by atoms with E-state index in [1.807, 2.05) is 0 Å². The zero-order chi connectivity index (χ0) is 14.4. The lowest BCUT2D eigenvalue weighted by molar-refractivity contribution is -0.141. The number of piperidine rings is 1. The Bertz CT molecular complexity index is 307. The fourth-order valence-electron chi connectivity index (χ4n) is 3.14. The number of hydrogen-bond donors (Lipinski definition) is 2. The van der Waals surface area contributed by atoms with E-state index in [9.17, 15) is 4.79 Å². The molecule has 0 bridgehead atoms. The second kappa shape index (κ2) is 7.96. The Morgan fingerprint density at radius 1 is 1.40 bits per heavy atom. The highest BCUT2D eigenvalue weighted by Crippen LogP contribution is 2.32. The van der Waals surface area contributed by atoms with Gasteiger partial charge in [0.25, 0.3) is 0 Å². The molecule has 0 radical (unpaired) electrons. The standard InChI is InChI=1S/C15H28N2O3/c1-20-15(19)6-3-12-9-13(16-7-2-8-18)11-17(10-12)14-4-5-14/h12-14,16,18H,2-11H2,1H3. The summed E-state index contributed by atoms with van der Waals surface area (Å²) in [6, 6.07) is 1.27. The van der Waals surface area contributed by atoms with Crippen molar-refractivity contribution >= 4 is 5.97 Å². The first-order valence-corrected chi connectivity index (χ1v) is 7.88. The minimum atomic E-state index is -0.0988. The first-order valence-electron chi connectivity index (χ1n) is 7.88. The van der Waals surface area contributed by atoms with E-state index in [2.05, 4.69) is 10.2 Å². The van der Waals surface area contributed by atoms with Gasteiger partial charge in [0.2, 0.25) is 0 Å². The molecule has 1 heterocycles. The van der Waals surface area contributed by atoms with E-state index in [1.165, 1.54) is 20.0 Å². The predicted octanol–water partition coefficient (Wildman–Crippen LogP) is 0.765. The molecule has 20 heavy (non-hydrogen) atoms. The van der Waals surface area contributed by atoms with Crippen molar-refractivity contribution in [2.75, 3.05) is 33.4 Å². The van der Waals surface area contributed by atoms with Crippen LogP contribution >= 0.6 is 0 Å². The molecule has 0 spiro atoms. The van der Waals surface area contributed by atoms with Gasteiger partial charge in [0.15, 0.2) is 0 Å². The van der Waals surface area contributed by atoms with Gasteiger partial charge in [0.1, 0.15) is 0 Å². The zero-order valence-corrected chi connectivity index (χ0v) is 12.5. The Balaban J connectivity index is 1.78. The molecule has 2 aliphatic rings. The highest BCUT2D eigenvalue weighted by atomic mass is 16.5. The van der Waals surface area contributed by atoms with E-state index < -0.39 is 0 Å². The molecule has 1 aliphatic carbocycles. The Kier molecular flexibility index (Phi) is 6.26. The Labute approximate surface area is 121 Å². The number of esters is 1. The second-order valence-electron chi connectivity index (χ2n) is 6.13. The number of ether oxygens (including phenoxy) is 1. The number of carbonyl (C=O) groups excluding carboxylic acids is 1. The van der Waals surface area contributed by atoms with E-state index in [0.717, 1.165) is 44.9 Å². The third kappa shape index (κ3) is 5.04. The molecule has 2 atom stereocenters. The number of methoxy groups -OCH3 is 1. The summed E-state index contributed by atoms with van der Waals surface area (Å²) in [6.07, 6.45) is 6.05. The number of aliphatic hydroxyl groups excluding tert-OH is 1. The minimum absolute atomic E-state index is 0.0988. The molecule has 0 aromatic carbocycles. The van der Waals surface area contributed by atoms with E-state index >= 15 is 0 Å². The van der Waals surface area contributed by atoms with Crippen molar-refractivity contribution in [1.82, 2.24) is 10.2 Å². The normalized spacial score (nSPS) is 27.5. The molecule has 0 aromatic heterocycles. The lowest BCUT2D eigenvalue weighted by Crippen LogP contribution is -2.50. The van der Waals surface area contributed by atoms with Crippen LogP contribution in [0.4, 0.5) is 0 Å². The highest BCUT2D eigenvalue weighted by molar-refractivity contribution is 5.69. The topological polar surface area (TPSA) is 61.8 Å². The van der Waals surface area contributed by atoms with Gasteiger partial charge in [-0.3, -0.25) is 9.69 Å². The van der Waals surface area contributed by atoms with Gasteiger partial charge in [-0.25, -0.2) is 0 Å². The smallest absolute Gasteiger partial charge is 0.305 e. The lowest BCUT2D eigenvalue weighted by Gasteiger charge is -2.38. The molecule has 0 aromatic rings. The number of carbonyl (C=O) groups is 1. The van der Waals surface area contributed by atoms with Crippen LogP contribution in [0.15, 0.2) is 0 Å². The molecule has 1 aliphatic heterocycles. The average Bonchev–Trinajstić information content (AvgIpc) is 3.29. The summed E-state index contributed by atoms with van der Waals surface area (Å²) < 4.78 is 4.74. The van der Waals surface area contributed by atoms with Crippen molar-refractivity contribution in [3.05, 3.63) is 0 Å². The third-order valence-electron chi connectivity index (χ3n) is 4.38. The number of hydrogen-bond acceptors (Lipinski definition) is 5. The summed E-state index contributed by atoms with van der Waals surface area (Å²) in [5, 5.41) is 12.4. The molecular formula is C15H28N2O3. The number of aliphatic hydroxyl groups is 1. The summed E-state index contributed by atoms with van der Waals surface area (Å²) in [5.41, 5.74) is 0. The summed E-state index contributed by atoms with van der Waals surface area (Å²) in [5.74, 6) is 0.480. The van der Waals surface area contributed by atoms with Crippen molar-refractivity contribution < 1.29 is 14.6 Å². The van der Waals surface area contributed by atoms with Crippen LogP contribution in [0.1, 0.15) is 38.5 Å². The van der Waals surface area contributed by atoms with Crippen LogP contribution in [0.3, 0.4) is 0 Å². The van der Waals surface area contributed by atoms with Gasteiger partial charge in [0, 0.05) is 38.2 Å². The molecule has 5 nitrogen and oxygen atoms in total. The first kappa shape index (κ1) is 15.7. The molecule has 2 rings (SSSR count). The van der Waals surface area contributed by atoms with E-state index in [4.69, 9.17) is 9.84 Å². The summed E-state index contributed by atoms with van der Waals surface area (Å²) in [4.78, 5) is 13.9. The summed E-state index contributed by atoms with van der Waals surface area (Å²) in [6.45, 7) is 3.37. The fourth-order valence-corrected chi connectivity index (χ4v) is 3.14. The van der Waals surface area contributed by atoms with E-state index in [0.29, 0.717) is 18.4 Å². The van der Waals surface area contributed by atoms with Gasteiger partial charge in [-0.1, -0.05) is 0 Å². The number of nitrogens with one attached hydrogen (secondary N) is 1. The quantitative estimate of drug-likeness (QED) is 0.509. The Morgan fingerprint density at radius 3 is 2.85 bits per heavy atom. The maximum atomic E-state index is 11.3. The van der Waals surface area contributed by atoms with Gasteiger partial charge < -0.3 is 15.2 Å². The van der Waals surface area contributed by atoms with Crippen LogP contribution in [-0.4, -0.2) is 61.4 Å². The molecule has 0 amide bonds. The average molecular weight is 284 g/mol. The van der Waals surface area contributed by atoms with Crippen molar-refractivity contribution in [2.24, 2.45) is 5.92 Å². The van der Waals surface area contributed by atoms with Gasteiger partial charge in [-0.15, -0.1) is 0 Å². The monoisotopic (exact) mass is 284 g/mol. The van der Waals surface area contributed by atoms with Gasteiger partial charge >= 0.3 is 5.97 Å². The Hall–Kier alpha value is -0.650. The maximum Gasteiger partial charge on any atom is 0.305 e. The van der Waals surface area contributed by atoms with Crippen molar-refractivity contribution in [2.45, 2.75) is 50.6 Å². The largest absolute Gasteiger partial charge is 0.469 e. The van der Waals surface area contributed by atoms with Gasteiger partial charge in [-0.2, -0.15) is 0 Å². The molecule has 1 saturated carbocycles. The SMILES string of the molecule is COC(=O)CCC1CC(NCCCO)CN(C2CC2)C1. The first-order chi connectivity index (χ1) is 9.72. The number of nitrogens with zero attached hydrogens (tertiary/aromatic N) is 1. The third-order valence-corrected chi connectivity index (χ3v) is 4.38. The fraction of sp³-hybridized carbons (Fsp3) is 0.933. The minimum Gasteiger partial charge on any atom is -0.469 e. The van der Waals surface area contributed by atoms with Crippen LogP contribution in [0.2, 0.25) is 0 Å². The van der Waals surface area contributed by atoms with Crippen LogP contribution in [0.5, 0.6) is 0 Å². The van der Waals surface area contributed by atoms with Crippen molar-refractivity contribution in [1.29, 1.82) is 0 Å². The van der Waals surface area contributed by atoms with Crippen LogP contribution in [0.25, 0.3) is 0 Å². The predicted molar refractivity (Wildman–Crippen MR) is 77.4 cm³/mol. The van der Waals surface area contributed by atoms with Crippen molar-refractivity contribution in [3.8, 4) is 0 Å². The highest BCUT2D eigenvalue weighted by Gasteiger charge is 2.35.